The van der Waals surface area contributed by atoms with Gasteiger partial charge in [0.05, 0.1) is 0 Å². The zero-order chi connectivity index (χ0) is 13.8. The monoisotopic (exact) mass is 260 g/mol. The van der Waals surface area contributed by atoms with E-state index in [0.717, 1.165) is 11.1 Å². The molecule has 0 fully saturated rings. The molecule has 0 saturated heterocycles. The van der Waals surface area contributed by atoms with Crippen LogP contribution in [0.1, 0.15) is 11.1 Å². The van der Waals surface area contributed by atoms with Crippen molar-refractivity contribution in [2.24, 2.45) is 0 Å². The summed E-state index contributed by atoms with van der Waals surface area (Å²) in [5.74, 6) is 0.172. The van der Waals surface area contributed by atoms with Crippen LogP contribution in [0.3, 0.4) is 0 Å². The summed E-state index contributed by atoms with van der Waals surface area (Å²) in [5, 5.41) is 17.9. The Morgan fingerprint density at radius 1 is 1.11 bits per heavy atom. The van der Waals surface area contributed by atoms with Crippen molar-refractivity contribution in [1.29, 1.82) is 0 Å². The lowest BCUT2D eigenvalue weighted by molar-refractivity contribution is 0.302. The van der Waals surface area contributed by atoms with Crippen molar-refractivity contribution >= 4 is 12.6 Å². The first-order chi connectivity index (χ1) is 9.06. The highest BCUT2D eigenvalue weighted by atomic mass is 19.1. The lowest BCUT2D eigenvalue weighted by Crippen LogP contribution is -2.29. The van der Waals surface area contributed by atoms with Gasteiger partial charge in [0.15, 0.2) is 0 Å². The van der Waals surface area contributed by atoms with E-state index in [9.17, 15) is 4.39 Å². The molecule has 19 heavy (non-hydrogen) atoms. The molecule has 2 N–H and O–H groups in total. The Morgan fingerprint density at radius 2 is 1.79 bits per heavy atom. The molecule has 0 spiro atoms. The first-order valence-corrected chi connectivity index (χ1v) is 5.90. The van der Waals surface area contributed by atoms with Crippen LogP contribution in [-0.4, -0.2) is 17.2 Å². The molecule has 0 aromatic heterocycles. The summed E-state index contributed by atoms with van der Waals surface area (Å²) in [5.41, 5.74) is 2.16. The summed E-state index contributed by atoms with van der Waals surface area (Å²) in [6, 6.07) is 11.1. The fourth-order valence-electron chi connectivity index (χ4n) is 1.68. The average Bonchev–Trinajstić information content (AvgIpc) is 2.40. The van der Waals surface area contributed by atoms with Gasteiger partial charge in [-0.2, -0.15) is 0 Å². The Balaban J connectivity index is 2.04. The molecule has 2 rings (SSSR count). The summed E-state index contributed by atoms with van der Waals surface area (Å²) in [6.45, 7) is 2.14. The molecule has 3 nitrogen and oxygen atoms in total. The molecular formula is C14H14BFO3. The van der Waals surface area contributed by atoms with Crippen molar-refractivity contribution in [1.82, 2.24) is 0 Å². The first kappa shape index (κ1) is 13.6. The summed E-state index contributed by atoms with van der Waals surface area (Å²) >= 11 is 0. The highest BCUT2D eigenvalue weighted by Gasteiger charge is 2.10. The Morgan fingerprint density at radius 3 is 2.42 bits per heavy atom. The van der Waals surface area contributed by atoms with Crippen molar-refractivity contribution in [3.63, 3.8) is 0 Å². The van der Waals surface area contributed by atoms with Crippen molar-refractivity contribution in [2.75, 3.05) is 0 Å². The van der Waals surface area contributed by atoms with Gasteiger partial charge >= 0.3 is 7.12 Å². The minimum absolute atomic E-state index is 0.298. The van der Waals surface area contributed by atoms with Crippen LogP contribution in [-0.2, 0) is 6.61 Å². The van der Waals surface area contributed by atoms with Crippen LogP contribution in [0.2, 0.25) is 0 Å². The molecule has 2 aromatic carbocycles. The van der Waals surface area contributed by atoms with Crippen LogP contribution in [0.25, 0.3) is 0 Å². The molecule has 0 bridgehead atoms. The number of rotatable bonds is 4. The largest absolute Gasteiger partial charge is 0.489 e. The number of hydrogen-bond acceptors (Lipinski definition) is 3. The van der Waals surface area contributed by atoms with E-state index in [0.29, 0.717) is 17.8 Å². The molecule has 0 atom stereocenters. The number of ether oxygens (including phenoxy) is 1. The SMILES string of the molecule is Cc1ccc(F)cc1OCc1ccc(B(O)O)cc1. The Bertz CT molecular complexity index is 555. The van der Waals surface area contributed by atoms with Gasteiger partial charge in [-0.25, -0.2) is 4.39 Å². The van der Waals surface area contributed by atoms with Gasteiger partial charge in [0.25, 0.3) is 0 Å². The molecule has 0 unspecified atom stereocenters. The van der Waals surface area contributed by atoms with E-state index in [-0.39, 0.29) is 5.82 Å². The quantitative estimate of drug-likeness (QED) is 0.817. The maximum Gasteiger partial charge on any atom is 0.488 e. The zero-order valence-corrected chi connectivity index (χ0v) is 10.5. The summed E-state index contributed by atoms with van der Waals surface area (Å²) in [6.07, 6.45) is 0. The Labute approximate surface area is 111 Å². The molecule has 2 aromatic rings. The lowest BCUT2D eigenvalue weighted by atomic mass is 9.80. The molecule has 0 aliphatic carbocycles. The van der Waals surface area contributed by atoms with Gasteiger partial charge < -0.3 is 14.8 Å². The molecule has 0 radical (unpaired) electrons. The van der Waals surface area contributed by atoms with Crippen molar-refractivity contribution in [3.05, 3.63) is 59.4 Å². The van der Waals surface area contributed by atoms with E-state index < -0.39 is 7.12 Å². The van der Waals surface area contributed by atoms with Crippen molar-refractivity contribution < 1.29 is 19.2 Å². The molecule has 98 valence electrons. The molecule has 0 amide bonds. The number of halogens is 1. The third kappa shape index (κ3) is 3.56. The van der Waals surface area contributed by atoms with E-state index in [1.54, 1.807) is 30.3 Å². The maximum atomic E-state index is 13.1. The van der Waals surface area contributed by atoms with Gasteiger partial charge in [0.1, 0.15) is 18.2 Å². The Hall–Kier alpha value is -1.85. The first-order valence-electron chi connectivity index (χ1n) is 5.90. The second-order valence-electron chi connectivity index (χ2n) is 4.31. The van der Waals surface area contributed by atoms with E-state index >= 15 is 0 Å². The van der Waals surface area contributed by atoms with Crippen LogP contribution in [0.4, 0.5) is 4.39 Å². The zero-order valence-electron chi connectivity index (χ0n) is 10.5. The van der Waals surface area contributed by atoms with Gasteiger partial charge in [0.2, 0.25) is 0 Å². The predicted molar refractivity (Wildman–Crippen MR) is 71.7 cm³/mol. The summed E-state index contributed by atoms with van der Waals surface area (Å²) in [4.78, 5) is 0. The molecule has 0 aliphatic rings. The van der Waals surface area contributed by atoms with Crippen LogP contribution in [0.15, 0.2) is 42.5 Å². The normalized spacial score (nSPS) is 10.3. The number of aryl methyl sites for hydroxylation is 1. The van der Waals surface area contributed by atoms with E-state index in [1.165, 1.54) is 12.1 Å². The van der Waals surface area contributed by atoms with Crippen LogP contribution < -0.4 is 10.2 Å². The molecule has 0 saturated carbocycles. The lowest BCUT2D eigenvalue weighted by Gasteiger charge is -2.09. The summed E-state index contributed by atoms with van der Waals surface area (Å²) < 4.78 is 18.6. The standard InChI is InChI=1S/C14H14BFO3/c1-10-2-7-13(16)8-14(10)19-9-11-3-5-12(6-4-11)15(17)18/h2-8,17-18H,9H2,1H3. The van der Waals surface area contributed by atoms with Gasteiger partial charge in [-0.15, -0.1) is 0 Å². The Kier molecular flexibility index (Phi) is 4.19. The third-order valence-electron chi connectivity index (χ3n) is 2.82. The van der Waals surface area contributed by atoms with Crippen LogP contribution in [0, 0.1) is 12.7 Å². The van der Waals surface area contributed by atoms with E-state index in [4.69, 9.17) is 14.8 Å². The minimum atomic E-state index is -1.47. The number of benzene rings is 2. The minimum Gasteiger partial charge on any atom is -0.489 e. The highest BCUT2D eigenvalue weighted by molar-refractivity contribution is 6.58. The van der Waals surface area contributed by atoms with Crippen molar-refractivity contribution in [3.8, 4) is 5.75 Å². The molecule has 0 aliphatic heterocycles. The van der Waals surface area contributed by atoms with E-state index in [2.05, 4.69) is 0 Å². The fraction of sp³-hybridized carbons (Fsp3) is 0.143. The fourth-order valence-corrected chi connectivity index (χ4v) is 1.68. The van der Waals surface area contributed by atoms with Crippen molar-refractivity contribution in [2.45, 2.75) is 13.5 Å². The smallest absolute Gasteiger partial charge is 0.488 e. The van der Waals surface area contributed by atoms with Crippen LogP contribution >= 0.6 is 0 Å². The van der Waals surface area contributed by atoms with Gasteiger partial charge in [-0.05, 0) is 29.6 Å². The highest BCUT2D eigenvalue weighted by Crippen LogP contribution is 2.19. The van der Waals surface area contributed by atoms with Gasteiger partial charge in [-0.1, -0.05) is 30.3 Å². The summed E-state index contributed by atoms with van der Waals surface area (Å²) in [7, 11) is -1.47. The third-order valence-corrected chi connectivity index (χ3v) is 2.82. The number of hydrogen-bond donors (Lipinski definition) is 2. The van der Waals surface area contributed by atoms with Gasteiger partial charge in [-0.3, -0.25) is 0 Å². The predicted octanol–water partition coefficient (Wildman–Crippen LogP) is 1.39. The topological polar surface area (TPSA) is 49.7 Å². The van der Waals surface area contributed by atoms with E-state index in [1.807, 2.05) is 6.92 Å². The van der Waals surface area contributed by atoms with Crippen LogP contribution in [0.5, 0.6) is 5.75 Å². The van der Waals surface area contributed by atoms with Gasteiger partial charge in [0, 0.05) is 6.07 Å². The second kappa shape index (κ2) is 5.86. The molecular weight excluding hydrogens is 246 g/mol. The average molecular weight is 260 g/mol. The molecule has 0 heterocycles. The second-order valence-corrected chi connectivity index (χ2v) is 4.31. The molecule has 5 heteroatoms. The maximum absolute atomic E-state index is 13.1.